The number of nitrogens with zero attached hydrogens (tertiary/aromatic N) is 2. The van der Waals surface area contributed by atoms with Gasteiger partial charge in [0, 0.05) is 10.9 Å². The lowest BCUT2D eigenvalue weighted by Crippen LogP contribution is -2.15. The van der Waals surface area contributed by atoms with Gasteiger partial charge in [0.05, 0.1) is 0 Å². The zero-order chi connectivity index (χ0) is 16.9. The van der Waals surface area contributed by atoms with Crippen molar-refractivity contribution in [3.63, 3.8) is 0 Å². The Kier molecular flexibility index (Phi) is 4.90. The van der Waals surface area contributed by atoms with Crippen LogP contribution in [0, 0.1) is 13.8 Å². The quantitative estimate of drug-likeness (QED) is 0.637. The molecule has 2 aromatic heterocycles. The first kappa shape index (κ1) is 16.2. The van der Waals surface area contributed by atoms with E-state index in [1.807, 2.05) is 48.9 Å². The van der Waals surface area contributed by atoms with E-state index in [0.717, 1.165) is 16.7 Å². The average Bonchev–Trinajstić information content (AvgIpc) is 3.25. The van der Waals surface area contributed by atoms with Crippen LogP contribution in [-0.2, 0) is 16.1 Å². The third kappa shape index (κ3) is 3.80. The van der Waals surface area contributed by atoms with Crippen LogP contribution >= 0.6 is 11.3 Å². The molecule has 0 aliphatic rings. The molecule has 124 valence electrons. The van der Waals surface area contributed by atoms with Crippen molar-refractivity contribution in [1.29, 1.82) is 0 Å². The van der Waals surface area contributed by atoms with Crippen LogP contribution in [0.4, 0.5) is 0 Å². The van der Waals surface area contributed by atoms with Crippen LogP contribution in [0.5, 0.6) is 5.75 Å². The highest BCUT2D eigenvalue weighted by Crippen LogP contribution is 2.21. The van der Waals surface area contributed by atoms with Crippen molar-refractivity contribution in [2.45, 2.75) is 20.5 Å². The average molecular weight is 344 g/mol. The van der Waals surface area contributed by atoms with Gasteiger partial charge < -0.3 is 14.0 Å². The summed E-state index contributed by atoms with van der Waals surface area (Å²) in [5.41, 5.74) is 2.98. The van der Waals surface area contributed by atoms with E-state index in [2.05, 4.69) is 10.1 Å². The second-order valence-corrected chi connectivity index (χ2v) is 5.95. The Bertz CT molecular complexity index is 827. The molecule has 0 fully saturated rings. The Labute approximate surface area is 143 Å². The van der Waals surface area contributed by atoms with Crippen molar-refractivity contribution in [2.24, 2.45) is 0 Å². The van der Waals surface area contributed by atoms with Gasteiger partial charge in [-0.25, -0.2) is 4.79 Å². The van der Waals surface area contributed by atoms with E-state index >= 15 is 0 Å². The number of carbonyl (C=O) groups excluding carboxylic acids is 1. The first-order valence-corrected chi connectivity index (χ1v) is 8.27. The third-order valence-corrected chi connectivity index (χ3v) is 4.19. The van der Waals surface area contributed by atoms with Gasteiger partial charge in [0.2, 0.25) is 5.82 Å². The molecule has 0 spiro atoms. The van der Waals surface area contributed by atoms with Crippen LogP contribution in [0.25, 0.3) is 11.4 Å². The van der Waals surface area contributed by atoms with Gasteiger partial charge in [-0.15, -0.1) is 0 Å². The maximum absolute atomic E-state index is 11.8. The summed E-state index contributed by atoms with van der Waals surface area (Å²) in [6, 6.07) is 7.58. The van der Waals surface area contributed by atoms with E-state index in [4.69, 9.17) is 14.0 Å². The fraction of sp³-hybridized carbons (Fsp3) is 0.235. The summed E-state index contributed by atoms with van der Waals surface area (Å²) in [4.78, 5) is 16.0. The number of hydrogen-bond acceptors (Lipinski definition) is 7. The van der Waals surface area contributed by atoms with Crippen LogP contribution in [0.2, 0.25) is 0 Å². The van der Waals surface area contributed by atoms with Crippen LogP contribution < -0.4 is 4.74 Å². The van der Waals surface area contributed by atoms with E-state index in [1.54, 1.807) is 11.3 Å². The summed E-state index contributed by atoms with van der Waals surface area (Å²) in [6.07, 6.45) is 0. The van der Waals surface area contributed by atoms with E-state index < -0.39 is 5.97 Å². The topological polar surface area (TPSA) is 74.5 Å². The second kappa shape index (κ2) is 7.27. The van der Waals surface area contributed by atoms with Crippen LogP contribution in [0.3, 0.4) is 0 Å². The molecular weight excluding hydrogens is 328 g/mol. The van der Waals surface area contributed by atoms with Gasteiger partial charge >= 0.3 is 5.97 Å². The van der Waals surface area contributed by atoms with Gasteiger partial charge in [0.15, 0.2) is 13.2 Å². The number of aryl methyl sites for hydroxylation is 1. The van der Waals surface area contributed by atoms with Crippen molar-refractivity contribution in [1.82, 2.24) is 10.1 Å². The fourth-order valence-corrected chi connectivity index (χ4v) is 2.66. The molecular formula is C17H16N2O4S. The first-order chi connectivity index (χ1) is 11.6. The highest BCUT2D eigenvalue weighted by molar-refractivity contribution is 7.08. The fourth-order valence-electron chi connectivity index (χ4n) is 2.02. The minimum Gasteiger partial charge on any atom is -0.482 e. The summed E-state index contributed by atoms with van der Waals surface area (Å²) in [5.74, 6) is 0.904. The summed E-state index contributed by atoms with van der Waals surface area (Å²) >= 11 is 1.54. The molecule has 0 N–H and O–H groups in total. The second-order valence-electron chi connectivity index (χ2n) is 5.17. The lowest BCUT2D eigenvalue weighted by atomic mass is 10.1. The number of hydrogen-bond donors (Lipinski definition) is 0. The molecule has 0 atom stereocenters. The standard InChI is InChI=1S/C17H16N2O4S/c1-11-4-3-5-14(12(11)2)21-9-16(20)22-8-15-18-17(19-23-15)13-6-7-24-10-13/h3-7,10H,8-9H2,1-2H3. The molecule has 0 unspecified atom stereocenters. The van der Waals surface area contributed by atoms with Gasteiger partial charge in [-0.3, -0.25) is 0 Å². The number of thiophene rings is 1. The number of aromatic nitrogens is 2. The molecule has 3 aromatic rings. The maximum atomic E-state index is 11.8. The molecule has 1 aromatic carbocycles. The molecule has 0 saturated heterocycles. The van der Waals surface area contributed by atoms with Gasteiger partial charge in [-0.1, -0.05) is 17.3 Å². The highest BCUT2D eigenvalue weighted by Gasteiger charge is 2.12. The van der Waals surface area contributed by atoms with E-state index in [1.165, 1.54) is 0 Å². The van der Waals surface area contributed by atoms with Crippen molar-refractivity contribution in [3.05, 3.63) is 52.0 Å². The lowest BCUT2D eigenvalue weighted by Gasteiger charge is -2.10. The molecule has 24 heavy (non-hydrogen) atoms. The summed E-state index contributed by atoms with van der Waals surface area (Å²) in [7, 11) is 0. The molecule has 3 rings (SSSR count). The first-order valence-electron chi connectivity index (χ1n) is 7.33. The predicted octanol–water partition coefficient (Wildman–Crippen LogP) is 3.54. The Balaban J connectivity index is 1.50. The van der Waals surface area contributed by atoms with Crippen LogP contribution in [-0.4, -0.2) is 22.7 Å². The monoisotopic (exact) mass is 344 g/mol. The summed E-state index contributed by atoms with van der Waals surface area (Å²) in [5, 5.41) is 7.69. The number of carbonyl (C=O) groups is 1. The minimum atomic E-state index is -0.494. The van der Waals surface area contributed by atoms with Crippen LogP contribution in [0.1, 0.15) is 17.0 Å². The molecule has 2 heterocycles. The van der Waals surface area contributed by atoms with E-state index in [9.17, 15) is 4.79 Å². The zero-order valence-electron chi connectivity index (χ0n) is 13.3. The molecule has 0 saturated carbocycles. The van der Waals surface area contributed by atoms with Crippen molar-refractivity contribution in [2.75, 3.05) is 6.61 Å². The van der Waals surface area contributed by atoms with Gasteiger partial charge in [0.1, 0.15) is 5.75 Å². The van der Waals surface area contributed by atoms with Crippen molar-refractivity contribution in [3.8, 4) is 17.1 Å². The smallest absolute Gasteiger partial charge is 0.344 e. The Morgan fingerprint density at radius 3 is 2.96 bits per heavy atom. The summed E-state index contributed by atoms with van der Waals surface area (Å²) in [6.45, 7) is 3.68. The predicted molar refractivity (Wildman–Crippen MR) is 88.8 cm³/mol. The molecule has 0 amide bonds. The highest BCUT2D eigenvalue weighted by atomic mass is 32.1. The van der Waals surface area contributed by atoms with E-state index in [-0.39, 0.29) is 19.1 Å². The number of rotatable bonds is 6. The van der Waals surface area contributed by atoms with E-state index in [0.29, 0.717) is 11.6 Å². The van der Waals surface area contributed by atoms with Gasteiger partial charge in [-0.2, -0.15) is 16.3 Å². The number of benzene rings is 1. The summed E-state index contributed by atoms with van der Waals surface area (Å²) < 4.78 is 15.6. The molecule has 6 nitrogen and oxygen atoms in total. The molecule has 0 radical (unpaired) electrons. The molecule has 7 heteroatoms. The molecule has 0 aliphatic carbocycles. The Hall–Kier alpha value is -2.67. The van der Waals surface area contributed by atoms with Crippen molar-refractivity contribution < 1.29 is 18.8 Å². The third-order valence-electron chi connectivity index (χ3n) is 3.50. The minimum absolute atomic E-state index is 0.0773. The van der Waals surface area contributed by atoms with Gasteiger partial charge in [-0.05, 0) is 42.5 Å². The molecule has 0 bridgehead atoms. The van der Waals surface area contributed by atoms with Crippen molar-refractivity contribution >= 4 is 17.3 Å². The van der Waals surface area contributed by atoms with Gasteiger partial charge in [0.25, 0.3) is 5.89 Å². The number of ether oxygens (including phenoxy) is 2. The molecule has 0 aliphatic heterocycles. The normalized spacial score (nSPS) is 10.6. The largest absolute Gasteiger partial charge is 0.482 e. The SMILES string of the molecule is Cc1cccc(OCC(=O)OCc2nc(-c3ccsc3)no2)c1C. The Morgan fingerprint density at radius 2 is 2.17 bits per heavy atom. The number of esters is 1. The zero-order valence-corrected chi connectivity index (χ0v) is 14.1. The Morgan fingerprint density at radius 1 is 1.29 bits per heavy atom. The van der Waals surface area contributed by atoms with Crippen LogP contribution in [0.15, 0.2) is 39.5 Å². The lowest BCUT2D eigenvalue weighted by molar-refractivity contribution is -0.148. The maximum Gasteiger partial charge on any atom is 0.344 e.